The molecule has 0 atom stereocenters. The zero-order valence-electron chi connectivity index (χ0n) is 12.7. The quantitative estimate of drug-likeness (QED) is 0.884. The fraction of sp³-hybridized carbons (Fsp3) is 0.312. The number of benzene rings is 1. The Kier molecular flexibility index (Phi) is 4.21. The van der Waals surface area contributed by atoms with Crippen LogP contribution in [0.25, 0.3) is 0 Å². The summed E-state index contributed by atoms with van der Waals surface area (Å²) in [5.74, 6) is -0.448. The van der Waals surface area contributed by atoms with E-state index >= 15 is 0 Å². The number of carbonyl (C=O) groups is 1. The number of aryl methyl sites for hydroxylation is 2. The summed E-state index contributed by atoms with van der Waals surface area (Å²) >= 11 is 0. The van der Waals surface area contributed by atoms with E-state index in [1.165, 1.54) is 5.56 Å². The second-order valence-corrected chi connectivity index (χ2v) is 5.25. The summed E-state index contributed by atoms with van der Waals surface area (Å²) in [6.45, 7) is 4.36. The van der Waals surface area contributed by atoms with E-state index in [9.17, 15) is 4.79 Å². The van der Waals surface area contributed by atoms with Gasteiger partial charge in [-0.3, -0.25) is 0 Å². The van der Waals surface area contributed by atoms with Crippen molar-refractivity contribution in [3.8, 4) is 0 Å². The van der Waals surface area contributed by atoms with E-state index in [0.717, 1.165) is 16.9 Å². The second-order valence-electron chi connectivity index (χ2n) is 5.25. The van der Waals surface area contributed by atoms with Crippen LogP contribution in [0.1, 0.15) is 27.4 Å². The Hall–Kier alpha value is -2.43. The lowest BCUT2D eigenvalue weighted by atomic mass is 10.1. The van der Waals surface area contributed by atoms with Crippen LogP contribution in [-0.4, -0.2) is 25.2 Å². The van der Waals surface area contributed by atoms with Crippen molar-refractivity contribution in [1.29, 1.82) is 0 Å². The smallest absolute Gasteiger partial charge is 0.371 e. The third-order valence-electron chi connectivity index (χ3n) is 3.41. The Labute approximate surface area is 124 Å². The van der Waals surface area contributed by atoms with Crippen LogP contribution in [-0.2, 0) is 6.54 Å². The minimum Gasteiger partial charge on any atom is -0.475 e. The monoisotopic (exact) mass is 288 g/mol. The van der Waals surface area contributed by atoms with Gasteiger partial charge < -0.3 is 19.7 Å². The van der Waals surface area contributed by atoms with Crippen molar-refractivity contribution >= 4 is 17.3 Å². The standard InChI is InChI=1S/C16H20N2O3/c1-10-5-6-13(8-14(10)18(3)4)17-9-12-7-15(16(19)20)21-11(12)2/h5-8,17H,9H2,1-4H3,(H,19,20). The molecule has 5 heteroatoms. The highest BCUT2D eigenvalue weighted by Gasteiger charge is 2.13. The van der Waals surface area contributed by atoms with Gasteiger partial charge in [-0.25, -0.2) is 4.79 Å². The molecule has 5 nitrogen and oxygen atoms in total. The number of nitrogens with zero attached hydrogens (tertiary/aromatic N) is 1. The Morgan fingerprint density at radius 3 is 2.57 bits per heavy atom. The molecule has 0 saturated carbocycles. The van der Waals surface area contributed by atoms with Crippen LogP contribution < -0.4 is 10.2 Å². The van der Waals surface area contributed by atoms with Gasteiger partial charge in [0.15, 0.2) is 0 Å². The topological polar surface area (TPSA) is 65.7 Å². The Bertz CT molecular complexity index is 660. The number of nitrogens with one attached hydrogen (secondary N) is 1. The first-order valence-electron chi connectivity index (χ1n) is 6.73. The van der Waals surface area contributed by atoms with E-state index in [2.05, 4.69) is 29.3 Å². The van der Waals surface area contributed by atoms with Crippen molar-refractivity contribution in [2.24, 2.45) is 0 Å². The molecule has 0 radical (unpaired) electrons. The van der Waals surface area contributed by atoms with E-state index < -0.39 is 5.97 Å². The average molecular weight is 288 g/mol. The highest BCUT2D eigenvalue weighted by Crippen LogP contribution is 2.23. The molecule has 21 heavy (non-hydrogen) atoms. The van der Waals surface area contributed by atoms with Gasteiger partial charge in [-0.05, 0) is 37.6 Å². The van der Waals surface area contributed by atoms with Gasteiger partial charge in [-0.2, -0.15) is 0 Å². The zero-order chi connectivity index (χ0) is 15.6. The predicted molar refractivity (Wildman–Crippen MR) is 83.2 cm³/mol. The van der Waals surface area contributed by atoms with Crippen LogP contribution in [0.5, 0.6) is 0 Å². The van der Waals surface area contributed by atoms with Crippen molar-refractivity contribution in [2.45, 2.75) is 20.4 Å². The lowest BCUT2D eigenvalue weighted by Crippen LogP contribution is -2.11. The summed E-state index contributed by atoms with van der Waals surface area (Å²) in [4.78, 5) is 12.9. The first-order valence-corrected chi connectivity index (χ1v) is 6.73. The predicted octanol–water partition coefficient (Wildman–Crippen LogP) is 3.27. The van der Waals surface area contributed by atoms with Gasteiger partial charge in [0.1, 0.15) is 5.76 Å². The van der Waals surface area contributed by atoms with Crippen molar-refractivity contribution in [1.82, 2.24) is 0 Å². The summed E-state index contributed by atoms with van der Waals surface area (Å²) in [7, 11) is 4.01. The number of hydrogen-bond acceptors (Lipinski definition) is 4. The fourth-order valence-electron chi connectivity index (χ4n) is 2.20. The van der Waals surface area contributed by atoms with E-state index in [-0.39, 0.29) is 5.76 Å². The van der Waals surface area contributed by atoms with E-state index in [4.69, 9.17) is 9.52 Å². The third-order valence-corrected chi connectivity index (χ3v) is 3.41. The normalized spacial score (nSPS) is 10.5. The lowest BCUT2D eigenvalue weighted by Gasteiger charge is -2.17. The van der Waals surface area contributed by atoms with Gasteiger partial charge in [0.05, 0.1) is 0 Å². The summed E-state index contributed by atoms with van der Waals surface area (Å²) in [5, 5.41) is 12.2. The summed E-state index contributed by atoms with van der Waals surface area (Å²) in [5.41, 5.74) is 4.19. The van der Waals surface area contributed by atoms with Crippen LogP contribution in [0.4, 0.5) is 11.4 Å². The van der Waals surface area contributed by atoms with Gasteiger partial charge in [-0.15, -0.1) is 0 Å². The second kappa shape index (κ2) is 5.91. The maximum Gasteiger partial charge on any atom is 0.371 e. The van der Waals surface area contributed by atoms with Gasteiger partial charge in [0.2, 0.25) is 5.76 Å². The molecule has 0 bridgehead atoms. The van der Waals surface area contributed by atoms with Crippen LogP contribution in [0.2, 0.25) is 0 Å². The molecule has 1 heterocycles. The number of carboxylic acid groups (broad SMARTS) is 1. The van der Waals surface area contributed by atoms with Gasteiger partial charge >= 0.3 is 5.97 Å². The van der Waals surface area contributed by atoms with Gasteiger partial charge in [0.25, 0.3) is 0 Å². The van der Waals surface area contributed by atoms with Crippen LogP contribution in [0, 0.1) is 13.8 Å². The molecule has 0 saturated heterocycles. The molecule has 0 spiro atoms. The zero-order valence-corrected chi connectivity index (χ0v) is 12.7. The minimum absolute atomic E-state index is 0.0258. The van der Waals surface area contributed by atoms with Crippen LogP contribution in [0.3, 0.4) is 0 Å². The molecule has 2 rings (SSSR count). The lowest BCUT2D eigenvalue weighted by molar-refractivity contribution is 0.0661. The first-order chi connectivity index (χ1) is 9.88. The Morgan fingerprint density at radius 1 is 1.29 bits per heavy atom. The maximum absolute atomic E-state index is 10.9. The third kappa shape index (κ3) is 3.37. The first kappa shape index (κ1) is 15.0. The van der Waals surface area contributed by atoms with Gasteiger partial charge in [0, 0.05) is 37.6 Å². The van der Waals surface area contributed by atoms with Crippen molar-refractivity contribution in [3.63, 3.8) is 0 Å². The SMILES string of the molecule is Cc1ccc(NCc2cc(C(=O)O)oc2C)cc1N(C)C. The molecule has 2 aromatic rings. The largest absolute Gasteiger partial charge is 0.475 e. The number of anilines is 2. The molecule has 0 fully saturated rings. The number of furan rings is 1. The van der Waals surface area contributed by atoms with E-state index in [0.29, 0.717) is 12.3 Å². The Morgan fingerprint density at radius 2 is 2.00 bits per heavy atom. The number of hydrogen-bond donors (Lipinski definition) is 2. The summed E-state index contributed by atoms with van der Waals surface area (Å²) in [6, 6.07) is 7.70. The summed E-state index contributed by atoms with van der Waals surface area (Å²) < 4.78 is 5.20. The fourth-order valence-corrected chi connectivity index (χ4v) is 2.20. The number of rotatable bonds is 5. The summed E-state index contributed by atoms with van der Waals surface area (Å²) in [6.07, 6.45) is 0. The molecule has 1 aromatic heterocycles. The van der Waals surface area contributed by atoms with Crippen LogP contribution >= 0.6 is 0 Å². The molecule has 0 aliphatic heterocycles. The molecule has 2 N–H and O–H groups in total. The molecule has 0 amide bonds. The van der Waals surface area contributed by atoms with E-state index in [1.807, 2.05) is 20.2 Å². The van der Waals surface area contributed by atoms with Crippen molar-refractivity contribution in [3.05, 3.63) is 46.9 Å². The molecular weight excluding hydrogens is 268 g/mol. The minimum atomic E-state index is -1.05. The molecule has 0 unspecified atom stereocenters. The van der Waals surface area contributed by atoms with Crippen molar-refractivity contribution < 1.29 is 14.3 Å². The molecule has 112 valence electrons. The number of aromatic carboxylic acids is 1. The average Bonchev–Trinajstić information content (AvgIpc) is 2.79. The van der Waals surface area contributed by atoms with E-state index in [1.54, 1.807) is 13.0 Å². The van der Waals surface area contributed by atoms with Crippen LogP contribution in [0.15, 0.2) is 28.7 Å². The highest BCUT2D eigenvalue weighted by molar-refractivity contribution is 5.84. The van der Waals surface area contributed by atoms with Gasteiger partial charge in [-0.1, -0.05) is 6.07 Å². The Balaban J connectivity index is 2.13. The molecule has 0 aliphatic carbocycles. The molecular formula is C16H20N2O3. The maximum atomic E-state index is 10.9. The number of carboxylic acids is 1. The molecule has 0 aliphatic rings. The highest BCUT2D eigenvalue weighted by atomic mass is 16.4. The van der Waals surface area contributed by atoms with Crippen molar-refractivity contribution in [2.75, 3.05) is 24.3 Å². The molecule has 1 aromatic carbocycles.